The van der Waals surface area contributed by atoms with Gasteiger partial charge in [0.05, 0.1) is 0 Å². The normalized spacial score (nSPS) is 15.7. The van der Waals surface area contributed by atoms with Gasteiger partial charge in [-0.15, -0.1) is 0 Å². The molecule has 0 amide bonds. The Hall–Kier alpha value is -0.190. The summed E-state index contributed by atoms with van der Waals surface area (Å²) in [5.41, 5.74) is 0. The molecule has 0 aromatic rings. The zero-order valence-electron chi connectivity index (χ0n) is 6.04. The molecule has 0 spiro atoms. The minimum Gasteiger partial charge on any atom is -0.305 e. The van der Waals surface area contributed by atoms with Gasteiger partial charge in [-0.25, -0.2) is 12.6 Å². The van der Waals surface area contributed by atoms with Crippen LogP contribution < -0.4 is 4.72 Å². The first-order valence-electron chi connectivity index (χ1n) is 2.74. The predicted molar refractivity (Wildman–Crippen MR) is 38.6 cm³/mol. The molecular formula is C3H6F3NO4S2. The van der Waals surface area contributed by atoms with Crippen molar-refractivity contribution in [3.05, 3.63) is 0 Å². The lowest BCUT2D eigenvalue weighted by atomic mass is 10.8. The van der Waals surface area contributed by atoms with E-state index in [4.69, 9.17) is 4.55 Å². The molecule has 0 aliphatic carbocycles. The third kappa shape index (κ3) is 8.15. The third-order valence-corrected chi connectivity index (χ3v) is 2.62. The number of hydrogen-bond donors (Lipinski definition) is 2. The molecule has 5 nitrogen and oxygen atoms in total. The Bertz CT molecular complexity index is 283. The number of rotatable bonds is 4. The van der Waals surface area contributed by atoms with E-state index in [0.717, 1.165) is 0 Å². The van der Waals surface area contributed by atoms with Crippen molar-refractivity contribution < 1.29 is 30.4 Å². The molecule has 0 aliphatic rings. The third-order valence-electron chi connectivity index (χ3n) is 0.756. The summed E-state index contributed by atoms with van der Waals surface area (Å²) in [6, 6.07) is 0. The maximum Gasteiger partial charge on any atom is 0.404 e. The summed E-state index contributed by atoms with van der Waals surface area (Å²) in [5, 5.41) is 0. The Kier molecular flexibility index (Phi) is 4.29. The van der Waals surface area contributed by atoms with Gasteiger partial charge in [-0.05, 0) is 0 Å². The average Bonchev–Trinajstić information content (AvgIpc) is 1.78. The maximum absolute atomic E-state index is 11.5. The van der Waals surface area contributed by atoms with Crippen LogP contribution in [-0.2, 0) is 21.1 Å². The molecule has 0 bridgehead atoms. The number of halogens is 3. The van der Waals surface area contributed by atoms with Gasteiger partial charge < -0.3 is 4.55 Å². The van der Waals surface area contributed by atoms with Crippen LogP contribution >= 0.6 is 0 Å². The van der Waals surface area contributed by atoms with Crippen LogP contribution in [0.1, 0.15) is 0 Å². The van der Waals surface area contributed by atoms with Gasteiger partial charge in [0.15, 0.2) is 16.8 Å². The van der Waals surface area contributed by atoms with E-state index in [-0.39, 0.29) is 0 Å². The highest BCUT2D eigenvalue weighted by molar-refractivity contribution is 7.90. The highest BCUT2D eigenvalue weighted by atomic mass is 32.2. The van der Waals surface area contributed by atoms with Crippen LogP contribution in [0.25, 0.3) is 0 Å². The summed E-state index contributed by atoms with van der Waals surface area (Å²) in [6.45, 7) is 0. The second kappa shape index (κ2) is 4.35. The molecule has 0 aromatic heterocycles. The number of hydrogen-bond acceptors (Lipinski definition) is 3. The average molecular weight is 241 g/mol. The SMILES string of the molecule is O=S(O)CNS(=O)(=O)CC(F)(F)F. The first-order chi connectivity index (χ1) is 5.62. The predicted octanol–water partition coefficient (Wildman–Crippen LogP) is -0.353. The Morgan fingerprint density at radius 3 is 2.15 bits per heavy atom. The van der Waals surface area contributed by atoms with Crippen molar-refractivity contribution in [2.75, 3.05) is 11.6 Å². The van der Waals surface area contributed by atoms with E-state index >= 15 is 0 Å². The topological polar surface area (TPSA) is 83.5 Å². The molecule has 0 rings (SSSR count). The zero-order chi connectivity index (χ0) is 10.7. The van der Waals surface area contributed by atoms with Crippen molar-refractivity contribution in [3.63, 3.8) is 0 Å². The minimum absolute atomic E-state index is 0.946. The second-order valence-electron chi connectivity index (χ2n) is 1.98. The minimum atomic E-state index is -4.86. The monoisotopic (exact) mass is 241 g/mol. The lowest BCUT2D eigenvalue weighted by Crippen LogP contribution is -2.35. The standard InChI is InChI=1S/C3H6F3NO4S2/c4-3(5,6)1-13(10,11)7-2-12(8)9/h7H,1-2H2,(H,8,9). The fraction of sp³-hybridized carbons (Fsp3) is 1.00. The Morgan fingerprint density at radius 1 is 1.38 bits per heavy atom. The summed E-state index contributed by atoms with van der Waals surface area (Å²) in [7, 11) is -4.56. The molecule has 0 heterocycles. The van der Waals surface area contributed by atoms with Crippen LogP contribution in [0.3, 0.4) is 0 Å². The first-order valence-corrected chi connectivity index (χ1v) is 5.67. The molecule has 0 fully saturated rings. The summed E-state index contributed by atoms with van der Waals surface area (Å²) < 4.78 is 74.8. The van der Waals surface area contributed by atoms with Crippen LogP contribution in [0.5, 0.6) is 0 Å². The van der Waals surface area contributed by atoms with Gasteiger partial charge in [0, 0.05) is 0 Å². The molecule has 1 unspecified atom stereocenters. The van der Waals surface area contributed by atoms with Gasteiger partial charge in [0.2, 0.25) is 10.0 Å². The maximum atomic E-state index is 11.5. The van der Waals surface area contributed by atoms with E-state index < -0.39 is 38.9 Å². The van der Waals surface area contributed by atoms with Gasteiger partial charge in [-0.2, -0.15) is 17.9 Å². The van der Waals surface area contributed by atoms with Gasteiger partial charge in [0.25, 0.3) is 0 Å². The Morgan fingerprint density at radius 2 is 1.85 bits per heavy atom. The molecule has 13 heavy (non-hydrogen) atoms. The summed E-state index contributed by atoms with van der Waals surface area (Å²) in [4.78, 5) is 0. The Balaban J connectivity index is 4.19. The summed E-state index contributed by atoms with van der Waals surface area (Å²) in [6.07, 6.45) is -4.86. The molecule has 0 aromatic carbocycles. The highest BCUT2D eigenvalue weighted by Crippen LogP contribution is 2.16. The quantitative estimate of drug-likeness (QED) is 0.659. The van der Waals surface area contributed by atoms with E-state index in [1.165, 1.54) is 4.72 Å². The van der Waals surface area contributed by atoms with Gasteiger partial charge in [-0.1, -0.05) is 0 Å². The largest absolute Gasteiger partial charge is 0.404 e. The summed E-state index contributed by atoms with van der Waals surface area (Å²) in [5.74, 6) is -3.00. The molecule has 0 saturated carbocycles. The van der Waals surface area contributed by atoms with Crippen LogP contribution in [0, 0.1) is 0 Å². The van der Waals surface area contributed by atoms with Gasteiger partial charge >= 0.3 is 6.18 Å². The smallest absolute Gasteiger partial charge is 0.305 e. The molecule has 0 aliphatic heterocycles. The van der Waals surface area contributed by atoms with E-state index in [1.54, 1.807) is 0 Å². The van der Waals surface area contributed by atoms with Crippen molar-refractivity contribution >= 4 is 21.1 Å². The summed E-state index contributed by atoms with van der Waals surface area (Å²) >= 11 is -2.50. The molecular weight excluding hydrogens is 235 g/mol. The first kappa shape index (κ1) is 12.8. The fourth-order valence-corrected chi connectivity index (χ4v) is 2.06. The molecule has 2 N–H and O–H groups in total. The van der Waals surface area contributed by atoms with Crippen molar-refractivity contribution in [2.24, 2.45) is 0 Å². The van der Waals surface area contributed by atoms with Gasteiger partial charge in [0.1, 0.15) is 5.88 Å². The number of nitrogens with one attached hydrogen (secondary N) is 1. The van der Waals surface area contributed by atoms with Crippen LogP contribution in [0.15, 0.2) is 0 Å². The van der Waals surface area contributed by atoms with E-state index in [0.29, 0.717) is 0 Å². The van der Waals surface area contributed by atoms with Crippen molar-refractivity contribution in [3.8, 4) is 0 Å². The lowest BCUT2D eigenvalue weighted by Gasteiger charge is -2.07. The Labute approximate surface area is 74.7 Å². The highest BCUT2D eigenvalue weighted by Gasteiger charge is 2.34. The van der Waals surface area contributed by atoms with Crippen LogP contribution in [0.2, 0.25) is 0 Å². The van der Waals surface area contributed by atoms with Crippen molar-refractivity contribution in [1.29, 1.82) is 0 Å². The van der Waals surface area contributed by atoms with Crippen LogP contribution in [-0.4, -0.2) is 35.0 Å². The number of sulfonamides is 1. The molecule has 80 valence electrons. The van der Waals surface area contributed by atoms with Crippen molar-refractivity contribution in [2.45, 2.75) is 6.18 Å². The van der Waals surface area contributed by atoms with E-state index in [2.05, 4.69) is 0 Å². The molecule has 10 heteroatoms. The zero-order valence-corrected chi connectivity index (χ0v) is 7.67. The lowest BCUT2D eigenvalue weighted by molar-refractivity contribution is -0.106. The van der Waals surface area contributed by atoms with Crippen LogP contribution in [0.4, 0.5) is 13.2 Å². The number of alkyl halides is 3. The fourth-order valence-electron chi connectivity index (χ4n) is 0.407. The molecule has 0 saturated heterocycles. The van der Waals surface area contributed by atoms with E-state index in [1.807, 2.05) is 0 Å². The molecule has 1 atom stereocenters. The second-order valence-corrected chi connectivity index (χ2v) is 4.72. The molecule has 0 radical (unpaired) electrons. The van der Waals surface area contributed by atoms with Crippen molar-refractivity contribution in [1.82, 2.24) is 4.72 Å². The van der Waals surface area contributed by atoms with E-state index in [9.17, 15) is 25.8 Å². The van der Waals surface area contributed by atoms with Gasteiger partial charge in [-0.3, -0.25) is 0 Å².